The number of nitro groups is 1. The molecule has 0 unspecified atom stereocenters. The van der Waals surface area contributed by atoms with Crippen LogP contribution in [-0.4, -0.2) is 21.6 Å². The third kappa shape index (κ3) is 2.94. The molecule has 0 aliphatic carbocycles. The van der Waals surface area contributed by atoms with E-state index in [0.717, 1.165) is 5.39 Å². The maximum Gasteiger partial charge on any atom is 0.345 e. The molecular weight excluding hydrogens is 362 g/mol. The van der Waals surface area contributed by atoms with Crippen LogP contribution in [0.3, 0.4) is 0 Å². The molecule has 28 heavy (non-hydrogen) atoms. The summed E-state index contributed by atoms with van der Waals surface area (Å²) in [7, 11) is 0. The van der Waals surface area contributed by atoms with Gasteiger partial charge in [0.25, 0.3) is 5.69 Å². The maximum atomic E-state index is 12.5. The monoisotopic (exact) mass is 377 g/mol. The Morgan fingerprint density at radius 3 is 2.68 bits per heavy atom. The second-order valence-electron chi connectivity index (χ2n) is 6.43. The highest BCUT2D eigenvalue weighted by atomic mass is 16.6. The lowest BCUT2D eigenvalue weighted by molar-refractivity contribution is -0.385. The lowest BCUT2D eigenvalue weighted by atomic mass is 9.97. The highest BCUT2D eigenvalue weighted by Gasteiger charge is 2.36. The van der Waals surface area contributed by atoms with Gasteiger partial charge in [-0.1, -0.05) is 30.3 Å². The topological polar surface area (TPSA) is 106 Å². The number of para-hydroxylation sites is 2. The number of hydrogen-bond donors (Lipinski definition) is 0. The summed E-state index contributed by atoms with van der Waals surface area (Å²) in [5, 5.41) is 17.6. The van der Waals surface area contributed by atoms with Crippen LogP contribution in [0.15, 0.2) is 68.9 Å². The second-order valence-corrected chi connectivity index (χ2v) is 6.43. The van der Waals surface area contributed by atoms with Crippen molar-refractivity contribution in [2.75, 3.05) is 0 Å². The normalized spacial score (nSPS) is 16.2. The third-order valence-electron chi connectivity index (χ3n) is 4.68. The van der Waals surface area contributed by atoms with Crippen LogP contribution in [0.25, 0.3) is 11.0 Å². The van der Waals surface area contributed by atoms with E-state index in [0.29, 0.717) is 16.9 Å². The standard InChI is InChI=1S/C20H15N3O5/c1-12(24)22-18(14-7-3-4-8-17(14)23(26)27)11-16(21-22)15-10-13-6-2-5-9-19(13)28-20(15)25/h2-10,18H,11H2,1H3/t18-/m0/s1. The summed E-state index contributed by atoms with van der Waals surface area (Å²) in [6.45, 7) is 1.33. The van der Waals surface area contributed by atoms with Gasteiger partial charge in [0.05, 0.1) is 27.8 Å². The number of nitro benzene ring substituents is 1. The molecule has 3 aromatic rings. The van der Waals surface area contributed by atoms with Gasteiger partial charge in [-0.15, -0.1) is 0 Å². The minimum absolute atomic E-state index is 0.0965. The number of hydrazone groups is 1. The summed E-state index contributed by atoms with van der Waals surface area (Å²) >= 11 is 0. The fraction of sp³-hybridized carbons (Fsp3) is 0.150. The molecule has 0 N–H and O–H groups in total. The Kier molecular flexibility index (Phi) is 4.23. The Hall–Kier alpha value is -3.81. The van der Waals surface area contributed by atoms with Crippen molar-refractivity contribution in [1.29, 1.82) is 0 Å². The minimum Gasteiger partial charge on any atom is -0.422 e. The van der Waals surface area contributed by atoms with Crippen molar-refractivity contribution in [1.82, 2.24) is 5.01 Å². The predicted molar refractivity (Wildman–Crippen MR) is 102 cm³/mol. The second kappa shape index (κ2) is 6.73. The van der Waals surface area contributed by atoms with Gasteiger partial charge in [-0.2, -0.15) is 5.10 Å². The van der Waals surface area contributed by atoms with Crippen LogP contribution >= 0.6 is 0 Å². The number of fused-ring (bicyclic) bond motifs is 1. The average Bonchev–Trinajstić information content (AvgIpc) is 3.12. The molecule has 0 saturated heterocycles. The summed E-state index contributed by atoms with van der Waals surface area (Å²) in [5.74, 6) is -0.372. The molecule has 8 nitrogen and oxygen atoms in total. The summed E-state index contributed by atoms with van der Waals surface area (Å²) in [4.78, 5) is 35.5. The summed E-state index contributed by atoms with van der Waals surface area (Å²) < 4.78 is 5.36. The van der Waals surface area contributed by atoms with E-state index in [9.17, 15) is 19.7 Å². The van der Waals surface area contributed by atoms with Crippen LogP contribution in [0.4, 0.5) is 5.69 Å². The van der Waals surface area contributed by atoms with Gasteiger partial charge in [-0.05, 0) is 18.2 Å². The Morgan fingerprint density at radius 2 is 1.93 bits per heavy atom. The average molecular weight is 377 g/mol. The lowest BCUT2D eigenvalue weighted by Crippen LogP contribution is -2.24. The predicted octanol–water partition coefficient (Wildman–Crippen LogP) is 3.40. The van der Waals surface area contributed by atoms with Gasteiger partial charge >= 0.3 is 5.63 Å². The zero-order chi connectivity index (χ0) is 19.8. The van der Waals surface area contributed by atoms with Crippen LogP contribution in [0.5, 0.6) is 0 Å². The van der Waals surface area contributed by atoms with Crippen molar-refractivity contribution in [3.63, 3.8) is 0 Å². The van der Waals surface area contributed by atoms with Crippen molar-refractivity contribution in [2.24, 2.45) is 5.10 Å². The molecule has 4 rings (SSSR count). The van der Waals surface area contributed by atoms with Crippen molar-refractivity contribution in [3.05, 3.63) is 86.3 Å². The summed E-state index contributed by atoms with van der Waals surface area (Å²) in [6.07, 6.45) is 0.174. The molecule has 1 aliphatic rings. The van der Waals surface area contributed by atoms with Crippen molar-refractivity contribution < 1.29 is 14.1 Å². The van der Waals surface area contributed by atoms with Gasteiger partial charge < -0.3 is 4.42 Å². The first-order chi connectivity index (χ1) is 13.5. The fourth-order valence-electron chi connectivity index (χ4n) is 3.40. The van der Waals surface area contributed by atoms with Crippen molar-refractivity contribution in [2.45, 2.75) is 19.4 Å². The maximum absolute atomic E-state index is 12.5. The fourth-order valence-corrected chi connectivity index (χ4v) is 3.40. The molecule has 0 saturated carbocycles. The molecule has 0 radical (unpaired) electrons. The van der Waals surface area contributed by atoms with Crippen LogP contribution in [-0.2, 0) is 4.79 Å². The molecule has 8 heteroatoms. The number of carbonyl (C=O) groups is 1. The number of benzene rings is 2. The Morgan fingerprint density at radius 1 is 1.21 bits per heavy atom. The zero-order valence-corrected chi connectivity index (χ0v) is 14.9. The highest BCUT2D eigenvalue weighted by Crippen LogP contribution is 2.37. The van der Waals surface area contributed by atoms with Crippen molar-refractivity contribution in [3.8, 4) is 0 Å². The van der Waals surface area contributed by atoms with E-state index >= 15 is 0 Å². The molecule has 1 amide bonds. The first kappa shape index (κ1) is 17.6. The smallest absolute Gasteiger partial charge is 0.345 e. The molecule has 1 atom stereocenters. The minimum atomic E-state index is -0.667. The molecule has 1 aliphatic heterocycles. The number of hydrogen-bond acceptors (Lipinski definition) is 6. The SMILES string of the molecule is CC(=O)N1N=C(c2cc3ccccc3oc2=O)C[C@H]1c1ccccc1[N+](=O)[O-]. The number of nitrogens with zero attached hydrogens (tertiary/aromatic N) is 3. The van der Waals surface area contributed by atoms with Gasteiger partial charge in [-0.3, -0.25) is 14.9 Å². The van der Waals surface area contributed by atoms with Crippen LogP contribution < -0.4 is 5.63 Å². The molecular formula is C20H15N3O5. The Bertz CT molecular complexity index is 1200. The van der Waals surface area contributed by atoms with Gasteiger partial charge in [-0.25, -0.2) is 9.80 Å². The van der Waals surface area contributed by atoms with E-state index in [1.165, 1.54) is 18.0 Å². The van der Waals surface area contributed by atoms with E-state index in [-0.39, 0.29) is 23.6 Å². The number of rotatable bonds is 3. The molecule has 0 spiro atoms. The summed E-state index contributed by atoms with van der Waals surface area (Å²) in [5.41, 5.74) is 0.758. The Balaban J connectivity index is 1.81. The van der Waals surface area contributed by atoms with Gasteiger partial charge in [0.1, 0.15) is 5.58 Å². The van der Waals surface area contributed by atoms with Gasteiger partial charge in [0, 0.05) is 24.8 Å². The van der Waals surface area contributed by atoms with E-state index in [1.807, 2.05) is 6.07 Å². The molecule has 2 aromatic carbocycles. The number of amides is 1. The first-order valence-corrected chi connectivity index (χ1v) is 8.59. The first-order valence-electron chi connectivity index (χ1n) is 8.59. The molecule has 1 aromatic heterocycles. The van der Waals surface area contributed by atoms with Gasteiger partial charge in [0.2, 0.25) is 5.91 Å². The van der Waals surface area contributed by atoms with Crippen molar-refractivity contribution >= 4 is 28.3 Å². The van der Waals surface area contributed by atoms with E-state index in [4.69, 9.17) is 4.42 Å². The molecule has 140 valence electrons. The quantitative estimate of drug-likeness (QED) is 0.395. The van der Waals surface area contributed by atoms with Gasteiger partial charge in [0.15, 0.2) is 0 Å². The third-order valence-corrected chi connectivity index (χ3v) is 4.68. The summed E-state index contributed by atoms with van der Waals surface area (Å²) in [6, 6.07) is 14.3. The van der Waals surface area contributed by atoms with E-state index in [1.54, 1.807) is 42.5 Å². The van der Waals surface area contributed by atoms with E-state index in [2.05, 4.69) is 5.10 Å². The molecule has 0 fully saturated rings. The molecule has 2 heterocycles. The van der Waals surface area contributed by atoms with Crippen LogP contribution in [0, 0.1) is 10.1 Å². The van der Waals surface area contributed by atoms with Crippen LogP contribution in [0.2, 0.25) is 0 Å². The highest BCUT2D eigenvalue weighted by molar-refractivity contribution is 6.04. The Labute approximate surface area is 158 Å². The largest absolute Gasteiger partial charge is 0.422 e. The van der Waals surface area contributed by atoms with E-state index < -0.39 is 16.6 Å². The lowest BCUT2D eigenvalue weighted by Gasteiger charge is -2.20. The number of carbonyl (C=O) groups excluding carboxylic acids is 1. The zero-order valence-electron chi connectivity index (χ0n) is 14.9. The van der Waals surface area contributed by atoms with Crippen LogP contribution in [0.1, 0.15) is 30.5 Å². The molecule has 0 bridgehead atoms.